The standard InChI is InChI=1S/C14H16ClNO6S/c1-21-13(17)9-22-14(18)10-4-5-11(15)12(8-10)23(19,20)16-6-2-3-7-16/h4-5,8H,2-3,6-7,9H2,1H3. The number of carbonyl (C=O) groups excluding carboxylic acids is 2. The molecule has 1 saturated heterocycles. The predicted octanol–water partition coefficient (Wildman–Crippen LogP) is 1.45. The molecule has 7 nitrogen and oxygen atoms in total. The van der Waals surface area contributed by atoms with Crippen molar-refractivity contribution in [1.29, 1.82) is 0 Å². The zero-order valence-electron chi connectivity index (χ0n) is 12.5. The lowest BCUT2D eigenvalue weighted by atomic mass is 10.2. The third-order valence-electron chi connectivity index (χ3n) is 3.40. The van der Waals surface area contributed by atoms with Crippen LogP contribution in [-0.2, 0) is 24.3 Å². The Morgan fingerprint density at radius 3 is 2.52 bits per heavy atom. The summed E-state index contributed by atoms with van der Waals surface area (Å²) in [6, 6.07) is 3.82. The van der Waals surface area contributed by atoms with E-state index in [2.05, 4.69) is 4.74 Å². The van der Waals surface area contributed by atoms with Crippen molar-refractivity contribution in [3.8, 4) is 0 Å². The van der Waals surface area contributed by atoms with E-state index in [4.69, 9.17) is 16.3 Å². The predicted molar refractivity (Wildman–Crippen MR) is 81.7 cm³/mol. The fraction of sp³-hybridized carbons (Fsp3) is 0.429. The molecule has 1 aromatic carbocycles. The van der Waals surface area contributed by atoms with Gasteiger partial charge in [-0.15, -0.1) is 0 Å². The van der Waals surface area contributed by atoms with Crippen LogP contribution in [0.15, 0.2) is 23.1 Å². The van der Waals surface area contributed by atoms with Gasteiger partial charge in [0.2, 0.25) is 10.0 Å². The maximum Gasteiger partial charge on any atom is 0.344 e. The Morgan fingerprint density at radius 2 is 1.91 bits per heavy atom. The van der Waals surface area contributed by atoms with E-state index in [1.807, 2.05) is 0 Å². The van der Waals surface area contributed by atoms with Crippen molar-refractivity contribution in [3.05, 3.63) is 28.8 Å². The number of esters is 2. The summed E-state index contributed by atoms with van der Waals surface area (Å²) in [6.07, 6.45) is 1.58. The fourth-order valence-corrected chi connectivity index (χ4v) is 4.18. The third kappa shape index (κ3) is 4.01. The van der Waals surface area contributed by atoms with Gasteiger partial charge in [-0.3, -0.25) is 0 Å². The van der Waals surface area contributed by atoms with Gasteiger partial charge in [0.05, 0.1) is 17.7 Å². The molecular weight excluding hydrogens is 346 g/mol. The van der Waals surface area contributed by atoms with Crippen molar-refractivity contribution in [2.24, 2.45) is 0 Å². The second kappa shape index (κ2) is 7.29. The molecule has 1 fully saturated rings. The lowest BCUT2D eigenvalue weighted by molar-refractivity contribution is -0.144. The van der Waals surface area contributed by atoms with E-state index in [-0.39, 0.29) is 15.5 Å². The SMILES string of the molecule is COC(=O)COC(=O)c1ccc(Cl)c(S(=O)(=O)N2CCCC2)c1. The van der Waals surface area contributed by atoms with Gasteiger partial charge in [0.25, 0.3) is 0 Å². The molecule has 1 heterocycles. The Labute approximate surface area is 139 Å². The molecule has 0 unspecified atom stereocenters. The quantitative estimate of drug-likeness (QED) is 0.737. The van der Waals surface area contributed by atoms with Crippen LogP contribution in [-0.4, -0.2) is 51.5 Å². The Morgan fingerprint density at radius 1 is 1.26 bits per heavy atom. The normalized spacial score (nSPS) is 15.4. The van der Waals surface area contributed by atoms with E-state index < -0.39 is 28.6 Å². The average molecular weight is 362 g/mol. The number of methoxy groups -OCH3 is 1. The van der Waals surface area contributed by atoms with Crippen molar-refractivity contribution in [3.63, 3.8) is 0 Å². The molecule has 9 heteroatoms. The minimum absolute atomic E-state index is 0.00363. The van der Waals surface area contributed by atoms with Crippen molar-refractivity contribution in [2.45, 2.75) is 17.7 Å². The molecule has 1 aliphatic rings. The summed E-state index contributed by atoms with van der Waals surface area (Å²) in [4.78, 5) is 22.7. The molecule has 23 heavy (non-hydrogen) atoms. The molecule has 0 saturated carbocycles. The van der Waals surface area contributed by atoms with Crippen molar-refractivity contribution < 1.29 is 27.5 Å². The van der Waals surface area contributed by atoms with Crippen LogP contribution in [0.25, 0.3) is 0 Å². The topological polar surface area (TPSA) is 90.0 Å². The monoisotopic (exact) mass is 361 g/mol. The minimum Gasteiger partial charge on any atom is -0.466 e. The largest absolute Gasteiger partial charge is 0.466 e. The molecule has 0 N–H and O–H groups in total. The molecule has 0 aromatic heterocycles. The molecular formula is C14H16ClNO6S. The maximum absolute atomic E-state index is 12.6. The van der Waals surface area contributed by atoms with Crippen LogP contribution in [0.4, 0.5) is 0 Å². The van der Waals surface area contributed by atoms with E-state index >= 15 is 0 Å². The second-order valence-electron chi connectivity index (χ2n) is 4.91. The number of sulfonamides is 1. The van der Waals surface area contributed by atoms with Crippen molar-refractivity contribution >= 4 is 33.6 Å². The summed E-state index contributed by atoms with van der Waals surface area (Å²) in [5, 5.41) is 0.0291. The van der Waals surface area contributed by atoms with Crippen LogP contribution in [0.5, 0.6) is 0 Å². The first-order valence-electron chi connectivity index (χ1n) is 6.90. The molecule has 0 aliphatic carbocycles. The summed E-state index contributed by atoms with van der Waals surface area (Å²) in [5.74, 6) is -1.54. The summed E-state index contributed by atoms with van der Waals surface area (Å²) in [5.41, 5.74) is -0.00363. The van der Waals surface area contributed by atoms with Crippen LogP contribution in [0, 0.1) is 0 Å². The van der Waals surface area contributed by atoms with E-state index in [0.717, 1.165) is 18.9 Å². The van der Waals surface area contributed by atoms with Crippen LogP contribution >= 0.6 is 11.6 Å². The van der Waals surface area contributed by atoms with Crippen molar-refractivity contribution in [2.75, 3.05) is 26.8 Å². The average Bonchev–Trinajstić information content (AvgIpc) is 3.07. The first-order chi connectivity index (χ1) is 10.9. The molecule has 0 bridgehead atoms. The molecule has 2 rings (SSSR count). The number of hydrogen-bond acceptors (Lipinski definition) is 6. The minimum atomic E-state index is -3.76. The zero-order chi connectivity index (χ0) is 17.0. The molecule has 0 radical (unpaired) electrons. The van der Waals surface area contributed by atoms with Gasteiger partial charge < -0.3 is 9.47 Å². The Balaban J connectivity index is 2.25. The van der Waals surface area contributed by atoms with Gasteiger partial charge in [-0.05, 0) is 31.0 Å². The fourth-order valence-electron chi connectivity index (χ4n) is 2.16. The number of nitrogens with zero attached hydrogens (tertiary/aromatic N) is 1. The molecule has 1 aromatic rings. The number of hydrogen-bond donors (Lipinski definition) is 0. The number of carbonyl (C=O) groups is 2. The number of ether oxygens (including phenoxy) is 2. The lowest BCUT2D eigenvalue weighted by Gasteiger charge is -2.17. The Kier molecular flexibility index (Phi) is 5.61. The lowest BCUT2D eigenvalue weighted by Crippen LogP contribution is -2.28. The third-order valence-corrected chi connectivity index (χ3v) is 5.78. The molecule has 1 aliphatic heterocycles. The van der Waals surface area contributed by atoms with Crippen molar-refractivity contribution in [1.82, 2.24) is 4.31 Å². The van der Waals surface area contributed by atoms with Gasteiger partial charge in [-0.25, -0.2) is 18.0 Å². The van der Waals surface area contributed by atoms with Crippen LogP contribution in [0.3, 0.4) is 0 Å². The van der Waals surface area contributed by atoms with Gasteiger partial charge in [0.15, 0.2) is 6.61 Å². The maximum atomic E-state index is 12.6. The number of rotatable bonds is 5. The van der Waals surface area contributed by atoms with Crippen LogP contribution < -0.4 is 0 Å². The highest BCUT2D eigenvalue weighted by atomic mass is 35.5. The van der Waals surface area contributed by atoms with E-state index in [1.165, 1.54) is 23.5 Å². The van der Waals surface area contributed by atoms with E-state index in [1.54, 1.807) is 0 Å². The molecule has 0 atom stereocenters. The van der Waals surface area contributed by atoms with Crippen LogP contribution in [0.1, 0.15) is 23.2 Å². The first-order valence-corrected chi connectivity index (χ1v) is 8.71. The molecule has 0 spiro atoms. The summed E-state index contributed by atoms with van der Waals surface area (Å²) in [6.45, 7) is 0.303. The Hall–Kier alpha value is -1.64. The smallest absolute Gasteiger partial charge is 0.344 e. The number of halogens is 1. The zero-order valence-corrected chi connectivity index (χ0v) is 14.0. The summed E-state index contributed by atoms with van der Waals surface area (Å²) >= 11 is 5.98. The van der Waals surface area contributed by atoms with E-state index in [0.29, 0.717) is 13.1 Å². The van der Waals surface area contributed by atoms with Crippen LogP contribution in [0.2, 0.25) is 5.02 Å². The van der Waals surface area contributed by atoms with Gasteiger partial charge >= 0.3 is 11.9 Å². The highest BCUT2D eigenvalue weighted by molar-refractivity contribution is 7.89. The molecule has 0 amide bonds. The summed E-state index contributed by atoms with van der Waals surface area (Å²) < 4.78 is 35.6. The summed E-state index contributed by atoms with van der Waals surface area (Å²) in [7, 11) is -2.59. The highest BCUT2D eigenvalue weighted by Crippen LogP contribution is 2.28. The molecule has 126 valence electrons. The second-order valence-corrected chi connectivity index (χ2v) is 7.22. The highest BCUT2D eigenvalue weighted by Gasteiger charge is 2.30. The van der Waals surface area contributed by atoms with Gasteiger partial charge in [0, 0.05) is 13.1 Å². The van der Waals surface area contributed by atoms with E-state index in [9.17, 15) is 18.0 Å². The first kappa shape index (κ1) is 17.7. The van der Waals surface area contributed by atoms with Gasteiger partial charge in [-0.1, -0.05) is 11.6 Å². The van der Waals surface area contributed by atoms with Gasteiger partial charge in [0.1, 0.15) is 4.90 Å². The number of benzene rings is 1. The Bertz CT molecular complexity index is 712. The van der Waals surface area contributed by atoms with Gasteiger partial charge in [-0.2, -0.15) is 4.31 Å².